The highest BCUT2D eigenvalue weighted by atomic mass is 16.2. The van der Waals surface area contributed by atoms with Crippen LogP contribution in [0.5, 0.6) is 0 Å². The van der Waals surface area contributed by atoms with Gasteiger partial charge in [0.05, 0.1) is 5.92 Å². The van der Waals surface area contributed by atoms with Crippen molar-refractivity contribution >= 4 is 29.1 Å². The van der Waals surface area contributed by atoms with Crippen LogP contribution in [0, 0.1) is 12.8 Å². The van der Waals surface area contributed by atoms with Crippen LogP contribution in [0.3, 0.4) is 0 Å². The molecule has 3 N–H and O–H groups in total. The van der Waals surface area contributed by atoms with Gasteiger partial charge in [-0.25, -0.2) is 9.97 Å². The first-order valence-electron chi connectivity index (χ1n) is 9.53. The van der Waals surface area contributed by atoms with Crippen LogP contribution in [0.4, 0.5) is 17.3 Å². The van der Waals surface area contributed by atoms with Gasteiger partial charge in [-0.05, 0) is 26.0 Å². The van der Waals surface area contributed by atoms with Crippen LogP contribution in [0.2, 0.25) is 0 Å². The monoisotopic (exact) mass is 382 g/mol. The molecule has 28 heavy (non-hydrogen) atoms. The molecular formula is C20H26N6O2. The van der Waals surface area contributed by atoms with E-state index in [2.05, 4.69) is 25.9 Å². The highest BCUT2D eigenvalue weighted by Crippen LogP contribution is 2.24. The zero-order valence-corrected chi connectivity index (χ0v) is 16.2. The van der Waals surface area contributed by atoms with Gasteiger partial charge in [0.1, 0.15) is 17.5 Å². The summed E-state index contributed by atoms with van der Waals surface area (Å²) >= 11 is 0. The van der Waals surface area contributed by atoms with Crippen LogP contribution >= 0.6 is 0 Å². The first kappa shape index (κ1) is 19.6. The summed E-state index contributed by atoms with van der Waals surface area (Å²) in [6, 6.07) is 11.3. The lowest BCUT2D eigenvalue weighted by molar-refractivity contribution is -0.126. The van der Waals surface area contributed by atoms with Crippen molar-refractivity contribution in [3.63, 3.8) is 0 Å². The fourth-order valence-corrected chi connectivity index (χ4v) is 3.19. The number of aryl methyl sites for hydroxylation is 1. The number of carbonyl (C=O) groups is 2. The lowest BCUT2D eigenvalue weighted by atomic mass is 10.1. The Hall–Kier alpha value is -3.16. The Morgan fingerprint density at radius 2 is 1.86 bits per heavy atom. The summed E-state index contributed by atoms with van der Waals surface area (Å²) in [4.78, 5) is 35.0. The molecule has 0 saturated carbocycles. The maximum Gasteiger partial charge on any atom is 0.227 e. The molecule has 3 rings (SSSR count). The minimum Gasteiger partial charge on any atom is -0.370 e. The van der Waals surface area contributed by atoms with Crippen molar-refractivity contribution in [2.75, 3.05) is 41.7 Å². The molecule has 0 bridgehead atoms. The van der Waals surface area contributed by atoms with Crippen LogP contribution in [0.1, 0.15) is 19.2 Å². The molecule has 1 aromatic heterocycles. The summed E-state index contributed by atoms with van der Waals surface area (Å²) in [6.45, 7) is 6.03. The molecule has 0 aliphatic carbocycles. The number of rotatable bonds is 8. The van der Waals surface area contributed by atoms with Crippen LogP contribution in [0.15, 0.2) is 36.4 Å². The third-order valence-electron chi connectivity index (χ3n) is 4.49. The Morgan fingerprint density at radius 1 is 1.14 bits per heavy atom. The molecule has 2 amide bonds. The lowest BCUT2D eigenvalue weighted by Crippen LogP contribution is -2.35. The van der Waals surface area contributed by atoms with Crippen molar-refractivity contribution in [2.24, 2.45) is 5.92 Å². The molecule has 148 valence electrons. The minimum absolute atomic E-state index is 0.0168. The molecule has 1 aliphatic heterocycles. The van der Waals surface area contributed by atoms with E-state index >= 15 is 0 Å². The molecule has 8 nitrogen and oxygen atoms in total. The second-order valence-electron chi connectivity index (χ2n) is 6.67. The molecule has 1 unspecified atom stereocenters. The predicted molar refractivity (Wildman–Crippen MR) is 109 cm³/mol. The van der Waals surface area contributed by atoms with Gasteiger partial charge in [0.25, 0.3) is 0 Å². The molecule has 1 atom stereocenters. The molecule has 1 fully saturated rings. The average molecular weight is 382 g/mol. The van der Waals surface area contributed by atoms with E-state index < -0.39 is 0 Å². The fraction of sp³-hybridized carbons (Fsp3) is 0.400. The highest BCUT2D eigenvalue weighted by Gasteiger charge is 2.34. The second-order valence-corrected chi connectivity index (χ2v) is 6.67. The number of amides is 2. The van der Waals surface area contributed by atoms with Crippen LogP contribution in [-0.4, -0.2) is 48.0 Å². The van der Waals surface area contributed by atoms with E-state index in [9.17, 15) is 9.59 Å². The van der Waals surface area contributed by atoms with Crippen molar-refractivity contribution in [3.8, 4) is 0 Å². The molecule has 1 aromatic carbocycles. The molecule has 8 heteroatoms. The summed E-state index contributed by atoms with van der Waals surface area (Å²) in [5.74, 6) is 1.72. The Balaban J connectivity index is 1.46. The molecule has 2 aromatic rings. The normalized spacial score (nSPS) is 16.1. The number of aromatic nitrogens is 2. The van der Waals surface area contributed by atoms with Crippen LogP contribution in [0.25, 0.3) is 0 Å². The number of para-hydroxylation sites is 1. The summed E-state index contributed by atoms with van der Waals surface area (Å²) in [5, 5.41) is 9.25. The number of nitrogens with zero attached hydrogens (tertiary/aromatic N) is 3. The molecule has 0 radical (unpaired) electrons. The van der Waals surface area contributed by atoms with Gasteiger partial charge in [0.2, 0.25) is 11.8 Å². The minimum atomic E-state index is -0.325. The average Bonchev–Trinajstić information content (AvgIpc) is 3.07. The zero-order chi connectivity index (χ0) is 19.9. The van der Waals surface area contributed by atoms with Gasteiger partial charge >= 0.3 is 0 Å². The van der Waals surface area contributed by atoms with E-state index in [-0.39, 0.29) is 24.2 Å². The number of hydrogen-bond acceptors (Lipinski definition) is 6. The number of hydrogen-bond donors (Lipinski definition) is 3. The third-order valence-corrected chi connectivity index (χ3v) is 4.49. The van der Waals surface area contributed by atoms with Crippen molar-refractivity contribution in [1.82, 2.24) is 15.3 Å². The Labute approximate surface area is 164 Å². The Morgan fingerprint density at radius 3 is 2.57 bits per heavy atom. The Kier molecular flexibility index (Phi) is 6.41. The molecule has 1 aliphatic rings. The first-order chi connectivity index (χ1) is 13.6. The number of benzene rings is 1. The van der Waals surface area contributed by atoms with Crippen LogP contribution in [-0.2, 0) is 9.59 Å². The lowest BCUT2D eigenvalue weighted by Gasteiger charge is -2.16. The smallest absolute Gasteiger partial charge is 0.227 e. The summed E-state index contributed by atoms with van der Waals surface area (Å²) in [6.07, 6.45) is 0.241. The third kappa shape index (κ3) is 4.97. The summed E-state index contributed by atoms with van der Waals surface area (Å²) in [5.41, 5.74) is 0.833. The summed E-state index contributed by atoms with van der Waals surface area (Å²) in [7, 11) is 0. The van der Waals surface area contributed by atoms with Gasteiger partial charge in [-0.2, -0.15) is 0 Å². The van der Waals surface area contributed by atoms with Crippen molar-refractivity contribution in [1.29, 1.82) is 0 Å². The van der Waals surface area contributed by atoms with Gasteiger partial charge in [0, 0.05) is 44.4 Å². The number of anilines is 3. The second kappa shape index (κ2) is 9.16. The molecular weight excluding hydrogens is 356 g/mol. The Bertz CT molecular complexity index is 827. The topological polar surface area (TPSA) is 99.2 Å². The van der Waals surface area contributed by atoms with Gasteiger partial charge in [-0.15, -0.1) is 0 Å². The SMILES string of the molecule is CCNc1cc(NCCNC(=O)C2CC(=O)N(c3ccccc3)C2)nc(C)n1. The van der Waals surface area contributed by atoms with E-state index in [0.717, 1.165) is 18.1 Å². The molecule has 1 saturated heterocycles. The largest absolute Gasteiger partial charge is 0.370 e. The maximum atomic E-state index is 12.4. The van der Waals surface area contributed by atoms with Gasteiger partial charge in [0.15, 0.2) is 0 Å². The quantitative estimate of drug-likeness (QED) is 0.602. The van der Waals surface area contributed by atoms with Crippen molar-refractivity contribution in [2.45, 2.75) is 20.3 Å². The first-order valence-corrected chi connectivity index (χ1v) is 9.53. The van der Waals surface area contributed by atoms with Crippen LogP contribution < -0.4 is 20.9 Å². The number of carbonyl (C=O) groups excluding carboxylic acids is 2. The maximum absolute atomic E-state index is 12.4. The predicted octanol–water partition coefficient (Wildman–Crippen LogP) is 1.80. The van der Waals surface area contributed by atoms with Gasteiger partial charge in [-0.1, -0.05) is 18.2 Å². The van der Waals surface area contributed by atoms with E-state index in [1.54, 1.807) is 4.90 Å². The standard InChI is InChI=1S/C20H26N6O2/c1-3-21-17-12-18(25-14(2)24-17)22-9-10-23-20(28)15-11-19(27)26(13-15)16-7-5-4-6-8-16/h4-8,12,15H,3,9-11,13H2,1-2H3,(H,23,28)(H2,21,22,24,25). The van der Waals surface area contributed by atoms with E-state index in [1.165, 1.54) is 0 Å². The van der Waals surface area contributed by atoms with E-state index in [1.807, 2.05) is 50.2 Å². The molecule has 2 heterocycles. The van der Waals surface area contributed by atoms with Gasteiger partial charge in [-0.3, -0.25) is 9.59 Å². The van der Waals surface area contributed by atoms with Crippen molar-refractivity contribution in [3.05, 3.63) is 42.2 Å². The van der Waals surface area contributed by atoms with Crippen molar-refractivity contribution < 1.29 is 9.59 Å². The van der Waals surface area contributed by atoms with Gasteiger partial charge < -0.3 is 20.9 Å². The zero-order valence-electron chi connectivity index (χ0n) is 16.2. The molecule has 0 spiro atoms. The highest BCUT2D eigenvalue weighted by molar-refractivity contribution is 6.00. The van der Waals surface area contributed by atoms with E-state index in [4.69, 9.17) is 0 Å². The van der Waals surface area contributed by atoms with E-state index in [0.29, 0.717) is 31.3 Å². The fourth-order valence-electron chi connectivity index (χ4n) is 3.19. The number of nitrogens with one attached hydrogen (secondary N) is 3. The summed E-state index contributed by atoms with van der Waals surface area (Å²) < 4.78 is 0.